The van der Waals surface area contributed by atoms with Gasteiger partial charge in [-0.1, -0.05) is 23.7 Å². The Bertz CT molecular complexity index is 717. The SMILES string of the molecule is O=C(c1cccc(OC(F)F)c1)C(Nc1ccc(Cl)cc1)C1CC1. The summed E-state index contributed by atoms with van der Waals surface area (Å²) in [5.74, 6) is 0.0944. The van der Waals surface area contributed by atoms with Gasteiger partial charge in [0, 0.05) is 16.3 Å². The predicted octanol–water partition coefficient (Wildman–Crippen LogP) is 5.01. The molecule has 1 unspecified atom stereocenters. The van der Waals surface area contributed by atoms with Crippen molar-refractivity contribution in [2.45, 2.75) is 25.5 Å². The van der Waals surface area contributed by atoms with Gasteiger partial charge in [0.05, 0.1) is 6.04 Å². The van der Waals surface area contributed by atoms with Gasteiger partial charge < -0.3 is 10.1 Å². The van der Waals surface area contributed by atoms with E-state index >= 15 is 0 Å². The molecule has 1 atom stereocenters. The van der Waals surface area contributed by atoms with E-state index < -0.39 is 12.7 Å². The van der Waals surface area contributed by atoms with Gasteiger partial charge in [0.1, 0.15) is 5.75 Å². The first-order valence-electron chi connectivity index (χ1n) is 7.64. The summed E-state index contributed by atoms with van der Waals surface area (Å²) in [5.41, 5.74) is 1.15. The van der Waals surface area contributed by atoms with Crippen LogP contribution in [-0.4, -0.2) is 18.4 Å². The normalized spacial score (nSPS) is 15.2. The Kier molecular flexibility index (Phi) is 5.00. The Morgan fingerprint density at radius 2 is 1.88 bits per heavy atom. The first kappa shape index (κ1) is 16.7. The highest BCUT2D eigenvalue weighted by atomic mass is 35.5. The average molecular weight is 352 g/mol. The van der Waals surface area contributed by atoms with Crippen molar-refractivity contribution in [1.29, 1.82) is 0 Å². The third-order valence-electron chi connectivity index (χ3n) is 3.89. The summed E-state index contributed by atoms with van der Waals surface area (Å²) in [4.78, 5) is 12.8. The number of benzene rings is 2. The highest BCUT2D eigenvalue weighted by molar-refractivity contribution is 6.30. The van der Waals surface area contributed by atoms with E-state index in [-0.39, 0.29) is 17.5 Å². The van der Waals surface area contributed by atoms with E-state index in [2.05, 4.69) is 10.1 Å². The summed E-state index contributed by atoms with van der Waals surface area (Å²) in [6.07, 6.45) is 1.93. The van der Waals surface area contributed by atoms with Crippen LogP contribution in [0.2, 0.25) is 5.02 Å². The molecule has 3 nitrogen and oxygen atoms in total. The highest BCUT2D eigenvalue weighted by Gasteiger charge is 2.36. The number of hydrogen-bond acceptors (Lipinski definition) is 3. The van der Waals surface area contributed by atoms with Crippen molar-refractivity contribution in [3.05, 3.63) is 59.1 Å². The minimum atomic E-state index is -2.92. The maximum absolute atomic E-state index is 12.8. The minimum Gasteiger partial charge on any atom is -0.435 e. The molecule has 0 aliphatic heterocycles. The molecule has 1 aliphatic carbocycles. The Labute approximate surface area is 143 Å². The molecule has 0 spiro atoms. The van der Waals surface area contributed by atoms with E-state index in [4.69, 9.17) is 11.6 Å². The van der Waals surface area contributed by atoms with Crippen LogP contribution in [0.3, 0.4) is 0 Å². The predicted molar refractivity (Wildman–Crippen MR) is 89.0 cm³/mol. The number of carbonyl (C=O) groups is 1. The lowest BCUT2D eigenvalue weighted by atomic mass is 10.00. The molecular formula is C18H16ClF2NO2. The van der Waals surface area contributed by atoms with Crippen LogP contribution in [0.1, 0.15) is 23.2 Å². The van der Waals surface area contributed by atoms with Gasteiger partial charge in [-0.2, -0.15) is 8.78 Å². The first-order chi connectivity index (χ1) is 11.5. The standard InChI is InChI=1S/C18H16ClF2NO2/c19-13-6-8-14(9-7-13)22-16(11-4-5-11)17(23)12-2-1-3-15(10-12)24-18(20)21/h1-3,6-11,16,18,22H,4-5H2. The van der Waals surface area contributed by atoms with Crippen LogP contribution in [0.4, 0.5) is 14.5 Å². The van der Waals surface area contributed by atoms with E-state index in [0.29, 0.717) is 10.6 Å². The van der Waals surface area contributed by atoms with Crippen molar-refractivity contribution in [1.82, 2.24) is 0 Å². The van der Waals surface area contributed by atoms with E-state index in [0.717, 1.165) is 18.5 Å². The van der Waals surface area contributed by atoms with Crippen molar-refractivity contribution >= 4 is 23.1 Å². The van der Waals surface area contributed by atoms with Gasteiger partial charge in [-0.3, -0.25) is 4.79 Å². The third-order valence-corrected chi connectivity index (χ3v) is 4.14. The number of ketones is 1. The van der Waals surface area contributed by atoms with E-state index in [9.17, 15) is 13.6 Å². The fourth-order valence-electron chi connectivity index (χ4n) is 2.56. The average Bonchev–Trinajstić information content (AvgIpc) is 3.38. The number of alkyl halides is 2. The number of rotatable bonds is 7. The number of ether oxygens (including phenoxy) is 1. The molecule has 0 aromatic heterocycles. The fourth-order valence-corrected chi connectivity index (χ4v) is 2.68. The molecule has 1 aliphatic rings. The summed E-state index contributed by atoms with van der Waals surface area (Å²) in [7, 11) is 0. The number of nitrogens with one attached hydrogen (secondary N) is 1. The summed E-state index contributed by atoms with van der Waals surface area (Å²) in [5, 5.41) is 3.85. The number of halogens is 3. The molecule has 0 heterocycles. The molecule has 24 heavy (non-hydrogen) atoms. The molecule has 1 N–H and O–H groups in total. The molecule has 2 aromatic carbocycles. The quantitative estimate of drug-likeness (QED) is 0.712. The topological polar surface area (TPSA) is 38.3 Å². The van der Waals surface area contributed by atoms with Crippen molar-refractivity contribution in [3.8, 4) is 5.75 Å². The zero-order valence-corrected chi connectivity index (χ0v) is 13.5. The molecular weight excluding hydrogens is 336 g/mol. The zero-order valence-electron chi connectivity index (χ0n) is 12.7. The molecule has 0 bridgehead atoms. The highest BCUT2D eigenvalue weighted by Crippen LogP contribution is 2.36. The molecule has 0 amide bonds. The second-order valence-electron chi connectivity index (χ2n) is 5.74. The zero-order chi connectivity index (χ0) is 17.1. The molecule has 0 saturated heterocycles. The van der Waals surface area contributed by atoms with Crippen LogP contribution in [0.25, 0.3) is 0 Å². The fraction of sp³-hybridized carbons (Fsp3) is 0.278. The molecule has 126 valence electrons. The van der Waals surface area contributed by atoms with Crippen LogP contribution in [0, 0.1) is 5.92 Å². The second-order valence-corrected chi connectivity index (χ2v) is 6.17. The Hall–Kier alpha value is -2.14. The lowest BCUT2D eigenvalue weighted by Gasteiger charge is -2.19. The van der Waals surface area contributed by atoms with Crippen molar-refractivity contribution in [2.75, 3.05) is 5.32 Å². The summed E-state index contributed by atoms with van der Waals surface area (Å²) >= 11 is 5.87. The maximum atomic E-state index is 12.8. The Morgan fingerprint density at radius 1 is 1.17 bits per heavy atom. The van der Waals surface area contributed by atoms with Gasteiger partial charge in [-0.25, -0.2) is 0 Å². The summed E-state index contributed by atoms with van der Waals surface area (Å²) < 4.78 is 29.1. The smallest absolute Gasteiger partial charge is 0.387 e. The number of anilines is 1. The first-order valence-corrected chi connectivity index (χ1v) is 8.02. The lowest BCUT2D eigenvalue weighted by Crippen LogP contribution is -2.31. The van der Waals surface area contributed by atoms with Crippen LogP contribution in [0.5, 0.6) is 5.75 Å². The molecule has 6 heteroatoms. The Balaban J connectivity index is 1.78. The van der Waals surface area contributed by atoms with E-state index in [1.807, 2.05) is 0 Å². The molecule has 3 rings (SSSR count). The van der Waals surface area contributed by atoms with Gasteiger partial charge in [-0.15, -0.1) is 0 Å². The molecule has 1 fully saturated rings. The number of hydrogen-bond donors (Lipinski definition) is 1. The third kappa shape index (κ3) is 4.23. The summed E-state index contributed by atoms with van der Waals surface area (Å²) in [6.45, 7) is -2.92. The van der Waals surface area contributed by atoms with Gasteiger partial charge in [0.2, 0.25) is 0 Å². The van der Waals surface area contributed by atoms with Crippen molar-refractivity contribution in [2.24, 2.45) is 5.92 Å². The number of carbonyl (C=O) groups excluding carboxylic acids is 1. The van der Waals surface area contributed by atoms with Gasteiger partial charge in [0.25, 0.3) is 0 Å². The van der Waals surface area contributed by atoms with Crippen molar-refractivity contribution < 1.29 is 18.3 Å². The van der Waals surface area contributed by atoms with Crippen LogP contribution in [0.15, 0.2) is 48.5 Å². The van der Waals surface area contributed by atoms with E-state index in [1.165, 1.54) is 18.2 Å². The van der Waals surface area contributed by atoms with Gasteiger partial charge in [-0.05, 0) is 55.2 Å². The van der Waals surface area contributed by atoms with Crippen LogP contribution < -0.4 is 10.1 Å². The second kappa shape index (κ2) is 7.18. The van der Waals surface area contributed by atoms with E-state index in [1.54, 1.807) is 30.3 Å². The lowest BCUT2D eigenvalue weighted by molar-refractivity contribution is -0.0498. The molecule has 2 aromatic rings. The van der Waals surface area contributed by atoms with Crippen molar-refractivity contribution in [3.63, 3.8) is 0 Å². The monoisotopic (exact) mass is 351 g/mol. The Morgan fingerprint density at radius 3 is 2.50 bits per heavy atom. The molecule has 0 radical (unpaired) electrons. The molecule has 1 saturated carbocycles. The minimum absolute atomic E-state index is 0.0168. The largest absolute Gasteiger partial charge is 0.435 e. The van der Waals surface area contributed by atoms with Gasteiger partial charge >= 0.3 is 6.61 Å². The summed E-state index contributed by atoms with van der Waals surface area (Å²) in [6, 6.07) is 12.6. The van der Waals surface area contributed by atoms with Crippen LogP contribution in [-0.2, 0) is 0 Å². The maximum Gasteiger partial charge on any atom is 0.387 e. The van der Waals surface area contributed by atoms with Crippen LogP contribution >= 0.6 is 11.6 Å². The van der Waals surface area contributed by atoms with Gasteiger partial charge in [0.15, 0.2) is 5.78 Å². The number of Topliss-reactive ketones (excluding diaryl/α,β-unsaturated/α-hetero) is 1.